The van der Waals surface area contributed by atoms with Crippen LogP contribution >= 0.6 is 0 Å². The van der Waals surface area contributed by atoms with Crippen LogP contribution in [0, 0.1) is 0 Å². The standard InChI is InChI=1S/C10H19NO/c1-4-5-6-9(2)7-8-10(3)11-12/h6,12H,4-5,7-8H2,1-3H3/b9-6+,11-10+. The number of allylic oxidation sites excluding steroid dienone is 2. The van der Waals surface area contributed by atoms with Crippen LogP contribution in [0.2, 0.25) is 0 Å². The summed E-state index contributed by atoms with van der Waals surface area (Å²) in [6, 6.07) is 0. The molecule has 0 saturated heterocycles. The molecule has 70 valence electrons. The number of nitrogens with zero attached hydrogens (tertiary/aromatic N) is 1. The molecule has 12 heavy (non-hydrogen) atoms. The van der Waals surface area contributed by atoms with Gasteiger partial charge in [0.1, 0.15) is 0 Å². The third kappa shape index (κ3) is 5.96. The average molecular weight is 169 g/mol. The molecule has 0 aliphatic rings. The molecule has 0 amide bonds. The Kier molecular flexibility index (Phi) is 6.44. The molecule has 0 saturated carbocycles. The Labute approximate surface area is 75.0 Å². The van der Waals surface area contributed by atoms with Crippen molar-refractivity contribution in [3.8, 4) is 0 Å². The quantitative estimate of drug-likeness (QED) is 0.291. The predicted molar refractivity (Wildman–Crippen MR) is 52.8 cm³/mol. The van der Waals surface area contributed by atoms with Gasteiger partial charge in [0.25, 0.3) is 0 Å². The Balaban J connectivity index is 3.63. The van der Waals surface area contributed by atoms with E-state index in [0.29, 0.717) is 0 Å². The summed E-state index contributed by atoms with van der Waals surface area (Å²) < 4.78 is 0. The first-order valence-corrected chi connectivity index (χ1v) is 4.53. The molecular formula is C10H19NO. The highest BCUT2D eigenvalue weighted by Crippen LogP contribution is 2.06. The van der Waals surface area contributed by atoms with E-state index < -0.39 is 0 Å². The highest BCUT2D eigenvalue weighted by Gasteiger charge is 1.93. The van der Waals surface area contributed by atoms with Crippen molar-refractivity contribution in [2.24, 2.45) is 5.16 Å². The summed E-state index contributed by atoms with van der Waals surface area (Å²) in [4.78, 5) is 0. The van der Waals surface area contributed by atoms with Gasteiger partial charge in [-0.15, -0.1) is 0 Å². The lowest BCUT2D eigenvalue weighted by molar-refractivity contribution is 0.317. The maximum Gasteiger partial charge on any atom is 0.0543 e. The monoisotopic (exact) mass is 169 g/mol. The summed E-state index contributed by atoms with van der Waals surface area (Å²) in [7, 11) is 0. The van der Waals surface area contributed by atoms with E-state index in [-0.39, 0.29) is 0 Å². The summed E-state index contributed by atoms with van der Waals surface area (Å²) in [5.41, 5.74) is 2.19. The first-order chi connectivity index (χ1) is 5.70. The lowest BCUT2D eigenvalue weighted by Crippen LogP contribution is -1.91. The Morgan fingerprint density at radius 1 is 1.33 bits per heavy atom. The largest absolute Gasteiger partial charge is 0.411 e. The van der Waals surface area contributed by atoms with Crippen molar-refractivity contribution < 1.29 is 5.21 Å². The molecule has 0 aliphatic heterocycles. The second-order valence-electron chi connectivity index (χ2n) is 3.17. The first kappa shape index (κ1) is 11.2. The van der Waals surface area contributed by atoms with Gasteiger partial charge in [-0.2, -0.15) is 0 Å². The molecule has 0 aromatic carbocycles. The van der Waals surface area contributed by atoms with Crippen molar-refractivity contribution in [3.05, 3.63) is 11.6 Å². The van der Waals surface area contributed by atoms with Crippen LogP contribution in [0.25, 0.3) is 0 Å². The van der Waals surface area contributed by atoms with Gasteiger partial charge >= 0.3 is 0 Å². The maximum atomic E-state index is 8.39. The van der Waals surface area contributed by atoms with E-state index in [2.05, 4.69) is 25.1 Å². The summed E-state index contributed by atoms with van der Waals surface area (Å²) in [6.07, 6.45) is 6.48. The van der Waals surface area contributed by atoms with Crippen LogP contribution < -0.4 is 0 Å². The smallest absolute Gasteiger partial charge is 0.0543 e. The van der Waals surface area contributed by atoms with Crippen LogP contribution in [-0.4, -0.2) is 10.9 Å². The van der Waals surface area contributed by atoms with Gasteiger partial charge in [-0.3, -0.25) is 0 Å². The Morgan fingerprint density at radius 3 is 2.50 bits per heavy atom. The molecule has 2 heteroatoms. The molecule has 2 nitrogen and oxygen atoms in total. The topological polar surface area (TPSA) is 32.6 Å². The molecule has 0 unspecified atom stereocenters. The van der Waals surface area contributed by atoms with Crippen LogP contribution in [0.3, 0.4) is 0 Å². The van der Waals surface area contributed by atoms with Crippen molar-refractivity contribution >= 4 is 5.71 Å². The molecule has 0 aliphatic carbocycles. The van der Waals surface area contributed by atoms with Crippen LogP contribution in [0.1, 0.15) is 46.5 Å². The number of hydrogen-bond donors (Lipinski definition) is 1. The fourth-order valence-corrected chi connectivity index (χ4v) is 0.921. The van der Waals surface area contributed by atoms with Gasteiger partial charge in [-0.1, -0.05) is 30.1 Å². The Morgan fingerprint density at radius 2 is 2.00 bits per heavy atom. The minimum Gasteiger partial charge on any atom is -0.411 e. The molecule has 0 rings (SSSR count). The van der Waals surface area contributed by atoms with Gasteiger partial charge in [0.2, 0.25) is 0 Å². The van der Waals surface area contributed by atoms with Crippen molar-refractivity contribution in [2.75, 3.05) is 0 Å². The molecule has 0 bridgehead atoms. The average Bonchev–Trinajstić information content (AvgIpc) is 2.10. The van der Waals surface area contributed by atoms with E-state index in [4.69, 9.17) is 5.21 Å². The maximum absolute atomic E-state index is 8.39. The van der Waals surface area contributed by atoms with E-state index in [1.165, 1.54) is 12.0 Å². The number of oxime groups is 1. The second kappa shape index (κ2) is 6.89. The van der Waals surface area contributed by atoms with E-state index in [1.807, 2.05) is 6.92 Å². The second-order valence-corrected chi connectivity index (χ2v) is 3.17. The molecule has 0 spiro atoms. The SMILES string of the molecule is CCC/C=C(\C)CC/C(C)=N/O. The number of rotatable bonds is 5. The van der Waals surface area contributed by atoms with E-state index in [9.17, 15) is 0 Å². The van der Waals surface area contributed by atoms with Gasteiger partial charge in [0.05, 0.1) is 5.71 Å². The lowest BCUT2D eigenvalue weighted by Gasteiger charge is -1.99. The van der Waals surface area contributed by atoms with Gasteiger partial charge in [0, 0.05) is 0 Å². The molecule has 0 aromatic rings. The van der Waals surface area contributed by atoms with Crippen LogP contribution in [-0.2, 0) is 0 Å². The highest BCUT2D eigenvalue weighted by atomic mass is 16.4. The van der Waals surface area contributed by atoms with Gasteiger partial charge in [0.15, 0.2) is 0 Å². The van der Waals surface area contributed by atoms with Crippen LogP contribution in [0.5, 0.6) is 0 Å². The molecule has 0 radical (unpaired) electrons. The van der Waals surface area contributed by atoms with Crippen molar-refractivity contribution in [1.82, 2.24) is 0 Å². The predicted octanol–water partition coefficient (Wildman–Crippen LogP) is 3.36. The summed E-state index contributed by atoms with van der Waals surface area (Å²) in [5, 5.41) is 11.5. The first-order valence-electron chi connectivity index (χ1n) is 4.53. The molecule has 0 atom stereocenters. The van der Waals surface area contributed by atoms with E-state index in [1.54, 1.807) is 0 Å². The third-order valence-corrected chi connectivity index (χ3v) is 1.83. The number of unbranched alkanes of at least 4 members (excludes halogenated alkanes) is 1. The van der Waals surface area contributed by atoms with Crippen LogP contribution in [0.15, 0.2) is 16.8 Å². The van der Waals surface area contributed by atoms with Gasteiger partial charge < -0.3 is 5.21 Å². The van der Waals surface area contributed by atoms with Crippen molar-refractivity contribution in [1.29, 1.82) is 0 Å². The summed E-state index contributed by atoms with van der Waals surface area (Å²) in [5.74, 6) is 0. The zero-order chi connectivity index (χ0) is 9.40. The third-order valence-electron chi connectivity index (χ3n) is 1.83. The molecule has 0 heterocycles. The molecular weight excluding hydrogens is 150 g/mol. The number of hydrogen-bond acceptors (Lipinski definition) is 2. The molecule has 0 aromatic heterocycles. The normalized spacial score (nSPS) is 13.6. The van der Waals surface area contributed by atoms with Crippen molar-refractivity contribution in [3.63, 3.8) is 0 Å². The molecule has 0 fully saturated rings. The Bertz CT molecular complexity index is 171. The van der Waals surface area contributed by atoms with E-state index in [0.717, 1.165) is 25.0 Å². The van der Waals surface area contributed by atoms with Crippen LogP contribution in [0.4, 0.5) is 0 Å². The van der Waals surface area contributed by atoms with Crippen molar-refractivity contribution in [2.45, 2.75) is 46.5 Å². The zero-order valence-electron chi connectivity index (χ0n) is 8.30. The summed E-state index contributed by atoms with van der Waals surface area (Å²) >= 11 is 0. The lowest BCUT2D eigenvalue weighted by atomic mass is 10.1. The minimum atomic E-state index is 0.805. The minimum absolute atomic E-state index is 0.805. The Hall–Kier alpha value is -0.790. The fraction of sp³-hybridized carbons (Fsp3) is 0.700. The van der Waals surface area contributed by atoms with Gasteiger partial charge in [-0.05, 0) is 33.1 Å². The zero-order valence-corrected chi connectivity index (χ0v) is 8.30. The molecule has 1 N–H and O–H groups in total. The van der Waals surface area contributed by atoms with E-state index >= 15 is 0 Å². The fourth-order valence-electron chi connectivity index (χ4n) is 0.921. The highest BCUT2D eigenvalue weighted by molar-refractivity contribution is 5.81. The van der Waals surface area contributed by atoms with Gasteiger partial charge in [-0.25, -0.2) is 0 Å². The summed E-state index contributed by atoms with van der Waals surface area (Å²) in [6.45, 7) is 6.14.